The summed E-state index contributed by atoms with van der Waals surface area (Å²) in [6, 6.07) is 22.9. The van der Waals surface area contributed by atoms with Crippen LogP contribution in [0.5, 0.6) is 5.75 Å². The first kappa shape index (κ1) is 50.2. The second-order valence-electron chi connectivity index (χ2n) is 18.4. The Balaban J connectivity index is 0.836. The molecule has 360 valence electrons. The number of ether oxygens (including phenoxy) is 2. The third-order valence-electron chi connectivity index (χ3n) is 12.0. The van der Waals surface area contributed by atoms with Gasteiger partial charge in [0.15, 0.2) is 17.3 Å². The normalized spacial score (nSPS) is 17.2. The number of β-amino-alcohol motifs (C(OH)–C–C–N with tert-alkyl or cyclic N) is 1. The number of oxazole rings is 1. The van der Waals surface area contributed by atoms with Crippen molar-refractivity contribution in [1.29, 1.82) is 0 Å². The third-order valence-corrected chi connectivity index (χ3v) is 12.6. The van der Waals surface area contributed by atoms with Crippen molar-refractivity contribution in [1.82, 2.24) is 20.5 Å². The molecule has 2 aliphatic rings. The van der Waals surface area contributed by atoms with E-state index in [1.807, 2.05) is 93.6 Å². The molecule has 0 saturated carbocycles. The van der Waals surface area contributed by atoms with Gasteiger partial charge in [-0.2, -0.15) is 0 Å². The number of likely N-dealkylation sites (tertiary alicyclic amines) is 1. The van der Waals surface area contributed by atoms with Crippen LogP contribution in [-0.2, 0) is 30.5 Å². The van der Waals surface area contributed by atoms with Crippen molar-refractivity contribution in [2.24, 2.45) is 5.41 Å². The first-order chi connectivity index (χ1) is 32.9. The number of thiocarbonyl (C=S) groups is 1. The maximum Gasteiger partial charge on any atom is 0.259 e. The summed E-state index contributed by atoms with van der Waals surface area (Å²) in [6.45, 7) is 16.7. The van der Waals surface area contributed by atoms with Crippen molar-refractivity contribution in [3.8, 4) is 28.2 Å². The number of hydrogen-bond donors (Lipinski definition) is 3. The third kappa shape index (κ3) is 11.4. The monoisotopic (exact) mass is 977 g/mol. The highest BCUT2D eigenvalue weighted by Gasteiger charge is 2.51. The molecule has 3 N–H and O–H groups in total. The van der Waals surface area contributed by atoms with Crippen LogP contribution in [0.2, 0.25) is 5.02 Å². The minimum absolute atomic E-state index is 0.0168. The number of unbranched alkanes of at least 4 members (excludes halogenated alkanes) is 1. The van der Waals surface area contributed by atoms with E-state index in [-0.39, 0.29) is 54.2 Å². The number of aliphatic hydroxyl groups is 1. The molecule has 0 unspecified atom stereocenters. The van der Waals surface area contributed by atoms with E-state index in [9.17, 15) is 24.3 Å². The number of aliphatic hydroxyl groups excluding tert-OH is 1. The number of benzene rings is 4. The maximum atomic E-state index is 15.1. The molecule has 15 nitrogen and oxygen atoms in total. The van der Waals surface area contributed by atoms with Crippen molar-refractivity contribution in [2.45, 2.75) is 84.2 Å². The number of carbonyl (C=O) groups is 4. The maximum absolute atomic E-state index is 15.1. The van der Waals surface area contributed by atoms with E-state index < -0.39 is 58.6 Å². The van der Waals surface area contributed by atoms with E-state index in [0.29, 0.717) is 36.6 Å². The average Bonchev–Trinajstić information content (AvgIpc) is 4.05. The summed E-state index contributed by atoms with van der Waals surface area (Å²) < 4.78 is 32.0. The van der Waals surface area contributed by atoms with Gasteiger partial charge in [-0.05, 0) is 97.4 Å². The van der Waals surface area contributed by atoms with Gasteiger partial charge in [0.05, 0.1) is 31.2 Å². The molecule has 0 spiro atoms. The second kappa shape index (κ2) is 21.3. The zero-order valence-electron chi connectivity index (χ0n) is 38.8. The van der Waals surface area contributed by atoms with Gasteiger partial charge in [0.25, 0.3) is 5.91 Å². The summed E-state index contributed by atoms with van der Waals surface area (Å²) in [5.74, 6) is -1.25. The Morgan fingerprint density at radius 1 is 1.01 bits per heavy atom. The fourth-order valence-electron chi connectivity index (χ4n) is 8.21. The quantitative estimate of drug-likeness (QED) is 0.0466. The first-order valence-corrected chi connectivity index (χ1v) is 23.2. The smallest absolute Gasteiger partial charge is 0.259 e. The molecular formula is C51H53ClFN7O8S. The van der Waals surface area contributed by atoms with E-state index in [1.165, 1.54) is 17.4 Å². The molecule has 0 radical (unpaired) electrons. The Hall–Kier alpha value is -6.71. The van der Waals surface area contributed by atoms with E-state index in [2.05, 4.69) is 20.5 Å². The summed E-state index contributed by atoms with van der Waals surface area (Å²) in [4.78, 5) is 65.3. The molecule has 69 heavy (non-hydrogen) atoms. The zero-order chi connectivity index (χ0) is 49.6. The van der Waals surface area contributed by atoms with Gasteiger partial charge in [0.1, 0.15) is 35.8 Å². The highest BCUT2D eigenvalue weighted by Crippen LogP contribution is 2.41. The van der Waals surface area contributed by atoms with Gasteiger partial charge < -0.3 is 39.4 Å². The lowest BCUT2D eigenvalue weighted by molar-refractivity contribution is -0.144. The Kier molecular flexibility index (Phi) is 15.5. The van der Waals surface area contributed by atoms with E-state index in [0.717, 1.165) is 33.2 Å². The van der Waals surface area contributed by atoms with Crippen LogP contribution in [0.3, 0.4) is 0 Å². The fourth-order valence-corrected chi connectivity index (χ4v) is 8.92. The topological polar surface area (TPSA) is 171 Å². The van der Waals surface area contributed by atoms with Crippen molar-refractivity contribution in [3.05, 3.63) is 125 Å². The molecule has 2 aliphatic heterocycles. The lowest BCUT2D eigenvalue weighted by Crippen LogP contribution is -2.58. The van der Waals surface area contributed by atoms with Gasteiger partial charge in [-0.3, -0.25) is 24.1 Å². The molecule has 0 bridgehead atoms. The average molecular weight is 979 g/mol. The van der Waals surface area contributed by atoms with Crippen LogP contribution >= 0.6 is 23.8 Å². The van der Waals surface area contributed by atoms with Crippen molar-refractivity contribution < 1.29 is 42.6 Å². The standard InChI is InChI=1S/C51H53ClFN7O8S/c1-50(2,3)45(47(64)58-28-36(61)23-42(58)46(63)56-26-31-9-11-34(12-10-31)43-27-55-30-68-43)57-44(62)29-66-21-7-8-22-67-37-19-15-33(16-20-37)32-13-17-35(18-14-32)60-49(69)59(48(65)51(60,4)5)41-24-38(52)40(54-6)25-39(41)53/h9-20,24-25,27,30,36,42,45,61H,7-8,21-23,26,28-29H2,1-5H3,(H,56,63)(H,57,62)/t36-,42+,45-/m1/s1. The summed E-state index contributed by atoms with van der Waals surface area (Å²) in [7, 11) is 0. The van der Waals surface area contributed by atoms with Gasteiger partial charge in [-0.1, -0.05) is 80.9 Å². The lowest BCUT2D eigenvalue weighted by Gasteiger charge is -2.35. The van der Waals surface area contributed by atoms with Crippen molar-refractivity contribution >= 4 is 69.6 Å². The van der Waals surface area contributed by atoms with Gasteiger partial charge in [0.2, 0.25) is 23.4 Å². The van der Waals surface area contributed by atoms with Crippen molar-refractivity contribution in [3.63, 3.8) is 0 Å². The van der Waals surface area contributed by atoms with Gasteiger partial charge >= 0.3 is 0 Å². The number of amides is 4. The van der Waals surface area contributed by atoms with Crippen LogP contribution in [0.25, 0.3) is 27.3 Å². The summed E-state index contributed by atoms with van der Waals surface area (Å²) in [6.07, 6.45) is 3.42. The molecule has 4 amide bonds. The molecule has 0 aliphatic carbocycles. The minimum atomic E-state index is -1.14. The number of nitrogens with one attached hydrogen (secondary N) is 2. The largest absolute Gasteiger partial charge is 0.494 e. The zero-order valence-corrected chi connectivity index (χ0v) is 40.4. The van der Waals surface area contributed by atoms with Crippen LogP contribution < -0.4 is 25.2 Å². The number of aromatic nitrogens is 1. The van der Waals surface area contributed by atoms with Gasteiger partial charge in [-0.25, -0.2) is 14.2 Å². The molecule has 4 aromatic carbocycles. The number of hydrogen-bond acceptors (Lipinski definition) is 10. The van der Waals surface area contributed by atoms with Gasteiger partial charge in [0, 0.05) is 42.4 Å². The highest BCUT2D eigenvalue weighted by molar-refractivity contribution is 7.81. The second-order valence-corrected chi connectivity index (χ2v) is 19.2. The molecule has 3 heterocycles. The predicted molar refractivity (Wildman–Crippen MR) is 263 cm³/mol. The number of nitrogens with zero attached hydrogens (tertiary/aromatic N) is 5. The Labute approximate surface area is 410 Å². The Morgan fingerprint density at radius 3 is 2.30 bits per heavy atom. The van der Waals surface area contributed by atoms with Crippen LogP contribution in [0.4, 0.5) is 21.5 Å². The molecular weight excluding hydrogens is 925 g/mol. The summed E-state index contributed by atoms with van der Waals surface area (Å²) in [5, 5.41) is 16.3. The molecule has 2 fully saturated rings. The highest BCUT2D eigenvalue weighted by atomic mass is 35.5. The lowest BCUT2D eigenvalue weighted by atomic mass is 9.85. The van der Waals surface area contributed by atoms with E-state index in [4.69, 9.17) is 44.3 Å². The van der Waals surface area contributed by atoms with Crippen LogP contribution in [0.1, 0.15) is 59.4 Å². The Morgan fingerprint density at radius 2 is 1.67 bits per heavy atom. The molecule has 2 saturated heterocycles. The SMILES string of the molecule is [C-]#[N+]c1cc(F)c(N2C(=O)C(C)(C)N(c3ccc(-c4ccc(OCCCCOCC(=O)N[C@H](C(=O)N5C[C@H](O)C[C@H]5C(=O)NCc5ccc(-c6cnco6)cc5)C(C)(C)C)cc4)cc3)C2=S)cc1Cl. The molecule has 5 aromatic rings. The molecule has 1 aromatic heterocycles. The van der Waals surface area contributed by atoms with Crippen LogP contribution in [0, 0.1) is 17.8 Å². The van der Waals surface area contributed by atoms with Crippen LogP contribution in [0.15, 0.2) is 102 Å². The Bertz CT molecular complexity index is 2720. The number of rotatable bonds is 17. The summed E-state index contributed by atoms with van der Waals surface area (Å²) in [5.41, 5.74) is 2.12. The number of carbonyl (C=O) groups excluding carboxylic acids is 4. The first-order valence-electron chi connectivity index (χ1n) is 22.4. The predicted octanol–water partition coefficient (Wildman–Crippen LogP) is 8.25. The molecule has 18 heteroatoms. The van der Waals surface area contributed by atoms with Crippen molar-refractivity contribution in [2.75, 3.05) is 36.2 Å². The van der Waals surface area contributed by atoms with Crippen LogP contribution in [-0.4, -0.2) is 93.8 Å². The van der Waals surface area contributed by atoms with E-state index in [1.54, 1.807) is 24.9 Å². The minimum Gasteiger partial charge on any atom is -0.494 e. The van der Waals surface area contributed by atoms with Gasteiger partial charge in [-0.15, -0.1) is 0 Å². The molecule has 3 atom stereocenters. The molecule has 7 rings (SSSR count). The number of halogens is 2. The fraction of sp³-hybridized carbons (Fsp3) is 0.353. The summed E-state index contributed by atoms with van der Waals surface area (Å²) >= 11 is 11.9. The number of anilines is 2. The van der Waals surface area contributed by atoms with E-state index >= 15 is 4.39 Å².